The molecule has 0 unspecified atom stereocenters. The number of hydrogen-bond acceptors (Lipinski definition) is 0. The second-order valence-corrected chi connectivity index (χ2v) is 18.0. The molecule has 0 heteroatoms. The van der Waals surface area contributed by atoms with Crippen LogP contribution in [-0.4, -0.2) is 0 Å². The van der Waals surface area contributed by atoms with E-state index >= 15 is 0 Å². The van der Waals surface area contributed by atoms with Crippen LogP contribution >= 0.6 is 0 Å². The lowest BCUT2D eigenvalue weighted by Gasteiger charge is -2.25. The van der Waals surface area contributed by atoms with E-state index in [4.69, 9.17) is 0 Å². The van der Waals surface area contributed by atoms with Gasteiger partial charge < -0.3 is 0 Å². The summed E-state index contributed by atoms with van der Waals surface area (Å²) < 4.78 is 0. The van der Waals surface area contributed by atoms with Crippen LogP contribution < -0.4 is 0 Å². The van der Waals surface area contributed by atoms with Crippen LogP contribution in [-0.2, 0) is 21.7 Å². The average Bonchev–Trinajstić information content (AvgIpc) is 3.46. The fraction of sp³-hybridized carbons (Fsp3) is 0.280. The van der Waals surface area contributed by atoms with E-state index in [9.17, 15) is 0 Å². The summed E-state index contributed by atoms with van der Waals surface area (Å²) in [6, 6.07) is 46.7. The SMILES string of the molecule is CC(C)(C)c1cc(-c2cc(-c3ccc4c(c3)C(C)(C)c3ccccc3-4)cc(C(C)(C)C)c2)cc(-c2ccc3c(c2)C(C)(C)c2ccccc2-3)c1. The summed E-state index contributed by atoms with van der Waals surface area (Å²) in [5, 5.41) is 0. The molecule has 2 aliphatic carbocycles. The largest absolute Gasteiger partial charge is 0.0619 e. The van der Waals surface area contributed by atoms with Crippen LogP contribution in [0.5, 0.6) is 0 Å². The van der Waals surface area contributed by atoms with Gasteiger partial charge in [-0.05, 0) is 124 Å². The molecule has 0 spiro atoms. The molecular weight excluding hydrogens is 601 g/mol. The lowest BCUT2D eigenvalue weighted by atomic mass is 9.79. The predicted molar refractivity (Wildman–Crippen MR) is 215 cm³/mol. The van der Waals surface area contributed by atoms with Crippen LogP contribution in [0.2, 0.25) is 0 Å². The van der Waals surface area contributed by atoms with Gasteiger partial charge in [0.2, 0.25) is 0 Å². The number of hydrogen-bond donors (Lipinski definition) is 0. The van der Waals surface area contributed by atoms with Crippen molar-refractivity contribution in [3.63, 3.8) is 0 Å². The van der Waals surface area contributed by atoms with Crippen LogP contribution in [0.25, 0.3) is 55.6 Å². The lowest BCUT2D eigenvalue weighted by Crippen LogP contribution is -2.15. The van der Waals surface area contributed by atoms with E-state index in [1.165, 1.54) is 89.0 Å². The van der Waals surface area contributed by atoms with E-state index in [2.05, 4.69) is 191 Å². The first-order valence-electron chi connectivity index (χ1n) is 18.3. The van der Waals surface area contributed by atoms with Crippen molar-refractivity contribution >= 4 is 0 Å². The van der Waals surface area contributed by atoms with Gasteiger partial charge in [-0.3, -0.25) is 0 Å². The zero-order valence-corrected chi connectivity index (χ0v) is 31.5. The minimum atomic E-state index is -0.0336. The molecule has 0 nitrogen and oxygen atoms in total. The summed E-state index contributed by atoms with van der Waals surface area (Å²) >= 11 is 0. The summed E-state index contributed by atoms with van der Waals surface area (Å²) in [7, 11) is 0. The summed E-state index contributed by atoms with van der Waals surface area (Å²) in [5.41, 5.74) is 21.5. The Bertz CT molecular complexity index is 2160. The standard InChI is InChI=1S/C50H50/c1-47(2,3)37-25-33(31-19-21-41-39-15-11-13-17-43(39)49(7,8)45(41)29-31)23-35(27-37)36-24-34(26-38(28-36)48(4,5)6)32-20-22-42-40-16-12-14-18-44(40)50(9,10)46(42)30-32/h11-30H,1-10H3. The maximum Gasteiger partial charge on any atom is 0.0159 e. The van der Waals surface area contributed by atoms with Gasteiger partial charge in [0.25, 0.3) is 0 Å². The van der Waals surface area contributed by atoms with Crippen molar-refractivity contribution in [3.8, 4) is 55.6 Å². The highest BCUT2D eigenvalue weighted by Crippen LogP contribution is 2.51. The predicted octanol–water partition coefficient (Wildman–Crippen LogP) is 13.9. The van der Waals surface area contributed by atoms with E-state index in [0.717, 1.165) is 0 Å². The van der Waals surface area contributed by atoms with Gasteiger partial charge >= 0.3 is 0 Å². The topological polar surface area (TPSA) is 0 Å². The quantitative estimate of drug-likeness (QED) is 0.179. The van der Waals surface area contributed by atoms with Gasteiger partial charge in [-0.15, -0.1) is 0 Å². The van der Waals surface area contributed by atoms with E-state index in [1.807, 2.05) is 0 Å². The monoisotopic (exact) mass is 650 g/mol. The normalized spacial score (nSPS) is 15.3. The maximum atomic E-state index is 2.46. The Morgan fingerprint density at radius 2 is 0.640 bits per heavy atom. The first-order valence-corrected chi connectivity index (χ1v) is 18.3. The van der Waals surface area contributed by atoms with Crippen molar-refractivity contribution in [3.05, 3.63) is 155 Å². The van der Waals surface area contributed by atoms with Crippen molar-refractivity contribution in [2.24, 2.45) is 0 Å². The molecule has 0 saturated heterocycles. The third-order valence-electron chi connectivity index (χ3n) is 11.8. The van der Waals surface area contributed by atoms with Crippen molar-refractivity contribution in [1.82, 2.24) is 0 Å². The maximum absolute atomic E-state index is 2.46. The Morgan fingerprint density at radius 3 is 1.00 bits per heavy atom. The summed E-state index contributed by atoms with van der Waals surface area (Å²) in [4.78, 5) is 0. The van der Waals surface area contributed by atoms with Gasteiger partial charge in [0.15, 0.2) is 0 Å². The number of benzene rings is 6. The highest BCUT2D eigenvalue weighted by atomic mass is 14.4. The number of fused-ring (bicyclic) bond motifs is 6. The molecule has 2 aliphatic rings. The lowest BCUT2D eigenvalue weighted by molar-refractivity contribution is 0.589. The van der Waals surface area contributed by atoms with Crippen LogP contribution in [0.1, 0.15) is 103 Å². The van der Waals surface area contributed by atoms with Gasteiger partial charge in [0.05, 0.1) is 0 Å². The summed E-state index contributed by atoms with van der Waals surface area (Å²) in [6.07, 6.45) is 0. The third kappa shape index (κ3) is 5.10. The molecule has 0 aliphatic heterocycles. The molecule has 0 fully saturated rings. The Labute approximate surface area is 300 Å². The van der Waals surface area contributed by atoms with E-state index < -0.39 is 0 Å². The van der Waals surface area contributed by atoms with Crippen molar-refractivity contribution in [2.45, 2.75) is 90.9 Å². The Balaban J connectivity index is 1.29. The molecule has 0 atom stereocenters. The van der Waals surface area contributed by atoms with Gasteiger partial charge in [-0.2, -0.15) is 0 Å². The summed E-state index contributed by atoms with van der Waals surface area (Å²) in [6.45, 7) is 23.5. The zero-order chi connectivity index (χ0) is 35.4. The smallest absolute Gasteiger partial charge is 0.0159 e. The first kappa shape index (κ1) is 32.5. The Hall–Kier alpha value is -4.68. The molecule has 6 aromatic carbocycles. The van der Waals surface area contributed by atoms with Gasteiger partial charge in [-0.25, -0.2) is 0 Å². The molecule has 0 heterocycles. The van der Waals surface area contributed by atoms with E-state index in [-0.39, 0.29) is 21.7 Å². The van der Waals surface area contributed by atoms with Gasteiger partial charge in [-0.1, -0.05) is 166 Å². The molecule has 0 saturated carbocycles. The van der Waals surface area contributed by atoms with Gasteiger partial charge in [0, 0.05) is 10.8 Å². The molecule has 8 rings (SSSR count). The average molecular weight is 651 g/mol. The minimum absolute atomic E-state index is 0.00202. The fourth-order valence-electron chi connectivity index (χ4n) is 8.56. The van der Waals surface area contributed by atoms with Crippen molar-refractivity contribution in [1.29, 1.82) is 0 Å². The molecule has 0 bridgehead atoms. The highest BCUT2D eigenvalue weighted by Gasteiger charge is 2.36. The molecule has 0 radical (unpaired) electrons. The zero-order valence-electron chi connectivity index (χ0n) is 31.5. The van der Waals surface area contributed by atoms with Crippen LogP contribution in [0.3, 0.4) is 0 Å². The Kier molecular flexibility index (Phi) is 7.09. The molecule has 50 heavy (non-hydrogen) atoms. The second-order valence-electron chi connectivity index (χ2n) is 18.0. The number of rotatable bonds is 3. The highest BCUT2D eigenvalue weighted by molar-refractivity contribution is 5.87. The van der Waals surface area contributed by atoms with Crippen molar-refractivity contribution < 1.29 is 0 Å². The van der Waals surface area contributed by atoms with Crippen LogP contribution in [0.4, 0.5) is 0 Å². The van der Waals surface area contributed by atoms with E-state index in [0.29, 0.717) is 0 Å². The Morgan fingerprint density at radius 1 is 0.320 bits per heavy atom. The van der Waals surface area contributed by atoms with Crippen LogP contribution in [0, 0.1) is 0 Å². The van der Waals surface area contributed by atoms with Crippen LogP contribution in [0.15, 0.2) is 121 Å². The third-order valence-corrected chi connectivity index (χ3v) is 11.8. The molecule has 6 aromatic rings. The van der Waals surface area contributed by atoms with Gasteiger partial charge in [0.1, 0.15) is 0 Å². The fourth-order valence-corrected chi connectivity index (χ4v) is 8.56. The molecular formula is C50H50. The molecule has 0 N–H and O–H groups in total. The second kappa shape index (κ2) is 10.9. The summed E-state index contributed by atoms with van der Waals surface area (Å²) in [5.74, 6) is 0. The van der Waals surface area contributed by atoms with E-state index in [1.54, 1.807) is 0 Å². The molecule has 0 amide bonds. The van der Waals surface area contributed by atoms with Crippen molar-refractivity contribution in [2.75, 3.05) is 0 Å². The molecule has 250 valence electrons. The first-order chi connectivity index (χ1) is 23.5. The minimum Gasteiger partial charge on any atom is -0.0619 e. The molecule has 0 aromatic heterocycles.